The third-order valence-corrected chi connectivity index (χ3v) is 3.41. The van der Waals surface area contributed by atoms with Crippen LogP contribution in [-0.4, -0.2) is 14.5 Å². The lowest BCUT2D eigenvalue weighted by atomic mass is 10.0. The summed E-state index contributed by atoms with van der Waals surface area (Å²) < 4.78 is 2.04. The molecule has 0 N–H and O–H groups in total. The van der Waals surface area contributed by atoms with Gasteiger partial charge in [-0.15, -0.1) is 0 Å². The van der Waals surface area contributed by atoms with Gasteiger partial charge >= 0.3 is 0 Å². The maximum atomic E-state index is 4.68. The molecular formula is C17H19N3. The number of fused-ring (bicyclic) bond motifs is 1. The monoisotopic (exact) mass is 265 g/mol. The lowest BCUT2D eigenvalue weighted by Crippen LogP contribution is -1.98. The minimum atomic E-state index is 0.658. The van der Waals surface area contributed by atoms with Crippen LogP contribution in [0.3, 0.4) is 0 Å². The fraction of sp³-hybridized carbons (Fsp3) is 0.294. The van der Waals surface area contributed by atoms with Gasteiger partial charge in [-0.2, -0.15) is 0 Å². The van der Waals surface area contributed by atoms with Crippen LogP contribution < -0.4 is 0 Å². The third-order valence-electron chi connectivity index (χ3n) is 3.41. The fourth-order valence-corrected chi connectivity index (χ4v) is 2.60. The second kappa shape index (κ2) is 5.08. The summed E-state index contributed by atoms with van der Waals surface area (Å²) >= 11 is 0. The molecule has 102 valence electrons. The second-order valence-corrected chi connectivity index (χ2v) is 5.70. The molecule has 0 atom stereocenters. The van der Waals surface area contributed by atoms with Gasteiger partial charge in [0.1, 0.15) is 0 Å². The summed E-state index contributed by atoms with van der Waals surface area (Å²) in [6.07, 6.45) is 6.69. The molecular weight excluding hydrogens is 246 g/mol. The van der Waals surface area contributed by atoms with Crippen molar-refractivity contribution < 1.29 is 0 Å². The highest BCUT2D eigenvalue weighted by molar-refractivity contribution is 5.87. The third kappa shape index (κ3) is 2.44. The van der Waals surface area contributed by atoms with E-state index in [1.807, 2.05) is 24.0 Å². The molecule has 3 aromatic rings. The molecule has 20 heavy (non-hydrogen) atoms. The Bertz CT molecular complexity index is 727. The molecule has 0 aliphatic heterocycles. The number of nitrogens with zero attached hydrogens (tertiary/aromatic N) is 3. The largest absolute Gasteiger partial charge is 0.306 e. The van der Waals surface area contributed by atoms with Crippen LogP contribution in [-0.2, 0) is 6.42 Å². The zero-order valence-corrected chi connectivity index (χ0v) is 12.2. The van der Waals surface area contributed by atoms with Crippen molar-refractivity contribution in [2.75, 3.05) is 0 Å². The number of aromatic nitrogens is 3. The molecule has 0 fully saturated rings. The summed E-state index contributed by atoms with van der Waals surface area (Å²) in [5, 5.41) is 1.17. The Labute approximate surface area is 119 Å². The first kappa shape index (κ1) is 12.9. The van der Waals surface area contributed by atoms with Crippen molar-refractivity contribution in [3.05, 3.63) is 54.2 Å². The quantitative estimate of drug-likeness (QED) is 0.718. The topological polar surface area (TPSA) is 30.7 Å². The molecule has 0 unspecified atom stereocenters. The average molecular weight is 265 g/mol. The van der Waals surface area contributed by atoms with Gasteiger partial charge in [0.25, 0.3) is 0 Å². The van der Waals surface area contributed by atoms with Crippen LogP contribution in [0.2, 0.25) is 0 Å². The number of imidazole rings is 1. The van der Waals surface area contributed by atoms with Crippen LogP contribution in [0.15, 0.2) is 43.0 Å². The van der Waals surface area contributed by atoms with Crippen LogP contribution in [0.4, 0.5) is 0 Å². The lowest BCUT2D eigenvalue weighted by Gasteiger charge is -2.11. The van der Waals surface area contributed by atoms with E-state index in [1.54, 1.807) is 6.20 Å². The molecule has 2 aromatic heterocycles. The Morgan fingerprint density at radius 2 is 2.05 bits per heavy atom. The number of benzene rings is 1. The first-order valence-electron chi connectivity index (χ1n) is 7.02. The molecule has 0 radical (unpaired) electrons. The minimum Gasteiger partial charge on any atom is -0.306 e. The first-order chi connectivity index (χ1) is 9.63. The number of rotatable bonds is 3. The van der Waals surface area contributed by atoms with Gasteiger partial charge in [0.05, 0.1) is 17.5 Å². The molecule has 0 saturated heterocycles. The van der Waals surface area contributed by atoms with Gasteiger partial charge in [-0.25, -0.2) is 4.98 Å². The van der Waals surface area contributed by atoms with Crippen molar-refractivity contribution in [3.63, 3.8) is 0 Å². The van der Waals surface area contributed by atoms with Crippen molar-refractivity contribution >= 4 is 10.9 Å². The maximum Gasteiger partial charge on any atom is 0.0991 e. The highest BCUT2D eigenvalue weighted by Crippen LogP contribution is 2.24. The van der Waals surface area contributed by atoms with Gasteiger partial charge < -0.3 is 4.57 Å². The molecule has 3 nitrogen and oxygen atoms in total. The van der Waals surface area contributed by atoms with Gasteiger partial charge in [-0.3, -0.25) is 4.98 Å². The van der Waals surface area contributed by atoms with Crippen molar-refractivity contribution in [2.24, 2.45) is 5.92 Å². The van der Waals surface area contributed by atoms with Crippen LogP contribution in [0, 0.1) is 12.8 Å². The summed E-state index contributed by atoms with van der Waals surface area (Å²) in [5.74, 6) is 0.658. The molecule has 0 amide bonds. The van der Waals surface area contributed by atoms with Gasteiger partial charge in [0, 0.05) is 23.5 Å². The van der Waals surface area contributed by atoms with E-state index < -0.39 is 0 Å². The molecule has 2 heterocycles. The van der Waals surface area contributed by atoms with E-state index in [0.29, 0.717) is 5.92 Å². The lowest BCUT2D eigenvalue weighted by molar-refractivity contribution is 0.647. The average Bonchev–Trinajstić information content (AvgIpc) is 2.90. The number of hydrogen-bond acceptors (Lipinski definition) is 2. The molecule has 3 heteroatoms. The molecule has 0 saturated carbocycles. The van der Waals surface area contributed by atoms with Gasteiger partial charge in [-0.05, 0) is 37.0 Å². The maximum absolute atomic E-state index is 4.68. The summed E-state index contributed by atoms with van der Waals surface area (Å²) in [5.41, 5.74) is 4.58. The van der Waals surface area contributed by atoms with Gasteiger partial charge in [0.15, 0.2) is 0 Å². The van der Waals surface area contributed by atoms with Crippen LogP contribution in [0.1, 0.15) is 25.1 Å². The Morgan fingerprint density at radius 1 is 1.20 bits per heavy atom. The van der Waals surface area contributed by atoms with E-state index >= 15 is 0 Å². The van der Waals surface area contributed by atoms with E-state index in [0.717, 1.165) is 23.3 Å². The predicted molar refractivity (Wildman–Crippen MR) is 82.1 cm³/mol. The van der Waals surface area contributed by atoms with Gasteiger partial charge in [0.2, 0.25) is 0 Å². The molecule has 0 spiro atoms. The van der Waals surface area contributed by atoms with E-state index in [2.05, 4.69) is 48.1 Å². The fourth-order valence-electron chi connectivity index (χ4n) is 2.60. The molecule has 0 aliphatic carbocycles. The molecule has 0 bridgehead atoms. The minimum absolute atomic E-state index is 0.658. The first-order valence-corrected chi connectivity index (χ1v) is 7.02. The summed E-state index contributed by atoms with van der Waals surface area (Å²) in [6.45, 7) is 6.52. The zero-order valence-electron chi connectivity index (χ0n) is 12.2. The van der Waals surface area contributed by atoms with Crippen molar-refractivity contribution in [1.82, 2.24) is 14.5 Å². The highest BCUT2D eigenvalue weighted by atomic mass is 15.0. The zero-order chi connectivity index (χ0) is 14.1. The van der Waals surface area contributed by atoms with Crippen LogP contribution in [0.5, 0.6) is 0 Å². The summed E-state index contributed by atoms with van der Waals surface area (Å²) in [6, 6.07) is 8.70. The number of hydrogen-bond donors (Lipinski definition) is 0. The smallest absolute Gasteiger partial charge is 0.0991 e. The molecule has 0 aliphatic rings. The normalized spacial score (nSPS) is 11.4. The van der Waals surface area contributed by atoms with Crippen molar-refractivity contribution in [1.29, 1.82) is 0 Å². The standard InChI is InChI=1S/C17H19N3/c1-12(2)8-14-4-5-15-16(10-14)19-13(3)9-17(15)20-7-6-18-11-20/h4-7,9-12H,8H2,1-3H3. The Kier molecular flexibility index (Phi) is 3.26. The number of pyridine rings is 1. The van der Waals surface area contributed by atoms with Crippen molar-refractivity contribution in [2.45, 2.75) is 27.2 Å². The Morgan fingerprint density at radius 3 is 2.75 bits per heavy atom. The number of aryl methyl sites for hydroxylation is 1. The summed E-state index contributed by atoms with van der Waals surface area (Å²) in [7, 11) is 0. The van der Waals surface area contributed by atoms with E-state index in [9.17, 15) is 0 Å². The van der Waals surface area contributed by atoms with E-state index in [4.69, 9.17) is 0 Å². The molecule has 3 rings (SSSR count). The molecule has 1 aromatic carbocycles. The van der Waals surface area contributed by atoms with E-state index in [-0.39, 0.29) is 0 Å². The predicted octanol–water partition coefficient (Wildman–Crippen LogP) is 3.93. The highest BCUT2D eigenvalue weighted by Gasteiger charge is 2.07. The summed E-state index contributed by atoms with van der Waals surface area (Å²) in [4.78, 5) is 8.81. The van der Waals surface area contributed by atoms with Crippen molar-refractivity contribution in [3.8, 4) is 5.69 Å². The van der Waals surface area contributed by atoms with Crippen LogP contribution in [0.25, 0.3) is 16.6 Å². The van der Waals surface area contributed by atoms with Gasteiger partial charge in [-0.1, -0.05) is 26.0 Å². The second-order valence-electron chi connectivity index (χ2n) is 5.70. The Balaban J connectivity index is 2.17. The SMILES string of the molecule is Cc1cc(-n2ccnc2)c2ccc(CC(C)C)cc2n1. The Hall–Kier alpha value is -2.16. The van der Waals surface area contributed by atoms with Crippen LogP contribution >= 0.6 is 0 Å². The van der Waals surface area contributed by atoms with E-state index in [1.165, 1.54) is 10.9 Å².